The first-order valence-corrected chi connectivity index (χ1v) is 3.14. The summed E-state index contributed by atoms with van der Waals surface area (Å²) < 4.78 is 0. The molecular formula is C6H14N2. The fraction of sp³-hybridized carbons (Fsp3) is 1.00. The molecule has 2 nitrogen and oxygen atoms in total. The molecule has 1 rings (SSSR count). The summed E-state index contributed by atoms with van der Waals surface area (Å²) in [5.41, 5.74) is 5.73. The molecule has 0 saturated carbocycles. The molecule has 1 fully saturated rings. The lowest BCUT2D eigenvalue weighted by Crippen LogP contribution is -2.27. The van der Waals surface area contributed by atoms with Crippen LogP contribution in [0.3, 0.4) is 0 Å². The van der Waals surface area contributed by atoms with Crippen LogP contribution in [0.5, 0.6) is 0 Å². The van der Waals surface area contributed by atoms with Gasteiger partial charge in [-0.15, -0.1) is 0 Å². The molecule has 0 aromatic heterocycles. The lowest BCUT2D eigenvalue weighted by molar-refractivity contribution is 0.401. The summed E-state index contributed by atoms with van der Waals surface area (Å²) in [6, 6.07) is 0.417. The van der Waals surface area contributed by atoms with Crippen LogP contribution in [-0.2, 0) is 0 Å². The van der Waals surface area contributed by atoms with Gasteiger partial charge in [0.05, 0.1) is 0 Å². The zero-order valence-corrected chi connectivity index (χ0v) is 5.59. The summed E-state index contributed by atoms with van der Waals surface area (Å²) in [4.78, 5) is 2.27. The molecule has 2 heteroatoms. The van der Waals surface area contributed by atoms with E-state index >= 15 is 0 Å². The summed E-state index contributed by atoms with van der Waals surface area (Å²) in [6.45, 7) is 4.44. The Balaban J connectivity index is 2.39. The molecule has 0 amide bonds. The molecule has 48 valence electrons. The maximum Gasteiger partial charge on any atom is 0.0206 e. The third-order valence-electron chi connectivity index (χ3n) is 1.85. The van der Waals surface area contributed by atoms with Crippen LogP contribution < -0.4 is 5.73 Å². The van der Waals surface area contributed by atoms with Crippen LogP contribution in [0.2, 0.25) is 0 Å². The predicted molar refractivity (Wildman–Crippen MR) is 34.6 cm³/mol. The fourth-order valence-corrected chi connectivity index (χ4v) is 1.24. The normalized spacial score (nSPS) is 40.9. The van der Waals surface area contributed by atoms with E-state index in [1.807, 2.05) is 0 Å². The summed E-state index contributed by atoms with van der Waals surface area (Å²) in [6.07, 6.45) is 0. The minimum atomic E-state index is 0.417. The third kappa shape index (κ3) is 1.01. The van der Waals surface area contributed by atoms with Gasteiger partial charge < -0.3 is 10.6 Å². The Morgan fingerprint density at radius 3 is 2.25 bits per heavy atom. The van der Waals surface area contributed by atoms with Gasteiger partial charge in [-0.3, -0.25) is 0 Å². The Bertz CT molecular complexity index is 72.6. The minimum Gasteiger partial charge on any atom is -0.326 e. The second-order valence-electron chi connectivity index (χ2n) is 2.86. The zero-order chi connectivity index (χ0) is 6.15. The second kappa shape index (κ2) is 2.03. The number of likely N-dealkylation sites (tertiary alicyclic amines) is 1. The topological polar surface area (TPSA) is 29.3 Å². The van der Waals surface area contributed by atoms with E-state index < -0.39 is 0 Å². The van der Waals surface area contributed by atoms with Crippen LogP contribution in [0.25, 0.3) is 0 Å². The average molecular weight is 114 g/mol. The number of likely N-dealkylation sites (N-methyl/N-ethyl adjacent to an activating group) is 1. The monoisotopic (exact) mass is 114 g/mol. The van der Waals surface area contributed by atoms with Gasteiger partial charge in [0.1, 0.15) is 0 Å². The van der Waals surface area contributed by atoms with Crippen LogP contribution >= 0.6 is 0 Å². The molecule has 2 N–H and O–H groups in total. The molecule has 1 unspecified atom stereocenters. The van der Waals surface area contributed by atoms with Crippen molar-refractivity contribution < 1.29 is 0 Å². The van der Waals surface area contributed by atoms with Gasteiger partial charge in [-0.05, 0) is 13.0 Å². The maximum atomic E-state index is 5.73. The Kier molecular flexibility index (Phi) is 1.54. The first-order chi connectivity index (χ1) is 3.70. The summed E-state index contributed by atoms with van der Waals surface area (Å²) in [5.74, 6) is 0.694. The van der Waals surface area contributed by atoms with Crippen molar-refractivity contribution in [1.29, 1.82) is 0 Å². The maximum absolute atomic E-state index is 5.73. The standard InChI is InChI=1S/C6H14N2/c1-5-3-8(2)4-6(5)7/h5-6H,3-4,7H2,1-2H3/t5?,6-/m0/s1. The molecule has 0 spiro atoms. The molecular weight excluding hydrogens is 100 g/mol. The minimum absolute atomic E-state index is 0.417. The van der Waals surface area contributed by atoms with Gasteiger partial charge in [0.2, 0.25) is 0 Å². The van der Waals surface area contributed by atoms with E-state index in [9.17, 15) is 0 Å². The van der Waals surface area contributed by atoms with Crippen molar-refractivity contribution in [2.45, 2.75) is 13.0 Å². The largest absolute Gasteiger partial charge is 0.326 e. The highest BCUT2D eigenvalue weighted by Gasteiger charge is 2.22. The van der Waals surface area contributed by atoms with Crippen LogP contribution in [0, 0.1) is 5.92 Å². The highest BCUT2D eigenvalue weighted by atomic mass is 15.1. The van der Waals surface area contributed by atoms with E-state index in [1.165, 1.54) is 6.54 Å². The molecule has 1 aliphatic heterocycles. The van der Waals surface area contributed by atoms with E-state index in [2.05, 4.69) is 18.9 Å². The quantitative estimate of drug-likeness (QED) is 0.476. The smallest absolute Gasteiger partial charge is 0.0206 e. The molecule has 0 aromatic carbocycles. The van der Waals surface area contributed by atoms with Crippen molar-refractivity contribution in [1.82, 2.24) is 4.90 Å². The molecule has 8 heavy (non-hydrogen) atoms. The second-order valence-corrected chi connectivity index (χ2v) is 2.86. The van der Waals surface area contributed by atoms with Crippen LogP contribution in [0.1, 0.15) is 6.92 Å². The first-order valence-electron chi connectivity index (χ1n) is 3.14. The van der Waals surface area contributed by atoms with E-state index in [4.69, 9.17) is 5.73 Å². The predicted octanol–water partition coefficient (Wildman–Crippen LogP) is -0.105. The highest BCUT2D eigenvalue weighted by Crippen LogP contribution is 2.10. The molecule has 2 atom stereocenters. The lowest BCUT2D eigenvalue weighted by atomic mass is 10.1. The molecule has 0 aliphatic carbocycles. The van der Waals surface area contributed by atoms with Crippen LogP contribution in [-0.4, -0.2) is 31.1 Å². The fourth-order valence-electron chi connectivity index (χ4n) is 1.24. The Morgan fingerprint density at radius 1 is 1.50 bits per heavy atom. The number of nitrogens with zero attached hydrogens (tertiary/aromatic N) is 1. The molecule has 1 saturated heterocycles. The number of rotatable bonds is 0. The van der Waals surface area contributed by atoms with Crippen molar-refractivity contribution in [2.75, 3.05) is 20.1 Å². The zero-order valence-electron chi connectivity index (χ0n) is 5.59. The molecule has 1 heterocycles. The van der Waals surface area contributed by atoms with Crippen molar-refractivity contribution >= 4 is 0 Å². The number of hydrogen-bond donors (Lipinski definition) is 1. The van der Waals surface area contributed by atoms with E-state index in [0.29, 0.717) is 12.0 Å². The van der Waals surface area contributed by atoms with Crippen LogP contribution in [0.15, 0.2) is 0 Å². The van der Waals surface area contributed by atoms with Gasteiger partial charge in [-0.2, -0.15) is 0 Å². The van der Waals surface area contributed by atoms with Crippen LogP contribution in [0.4, 0.5) is 0 Å². The van der Waals surface area contributed by atoms with Crippen molar-refractivity contribution in [2.24, 2.45) is 11.7 Å². The summed E-state index contributed by atoms with van der Waals surface area (Å²) >= 11 is 0. The Morgan fingerprint density at radius 2 is 2.12 bits per heavy atom. The first kappa shape index (κ1) is 6.05. The summed E-state index contributed by atoms with van der Waals surface area (Å²) in [5, 5.41) is 0. The van der Waals surface area contributed by atoms with Gasteiger partial charge in [0, 0.05) is 19.1 Å². The van der Waals surface area contributed by atoms with Gasteiger partial charge in [-0.1, -0.05) is 6.92 Å². The molecule has 0 bridgehead atoms. The van der Waals surface area contributed by atoms with Crippen molar-refractivity contribution in [3.8, 4) is 0 Å². The van der Waals surface area contributed by atoms with E-state index in [0.717, 1.165) is 6.54 Å². The van der Waals surface area contributed by atoms with Crippen molar-refractivity contribution in [3.63, 3.8) is 0 Å². The SMILES string of the molecule is CC1CN(C)C[C@@H]1N. The van der Waals surface area contributed by atoms with E-state index in [-0.39, 0.29) is 0 Å². The summed E-state index contributed by atoms with van der Waals surface area (Å²) in [7, 11) is 2.11. The lowest BCUT2D eigenvalue weighted by Gasteiger charge is -2.03. The number of hydrogen-bond acceptors (Lipinski definition) is 2. The highest BCUT2D eigenvalue weighted by molar-refractivity contribution is 4.81. The molecule has 1 aliphatic rings. The van der Waals surface area contributed by atoms with Gasteiger partial charge in [-0.25, -0.2) is 0 Å². The number of nitrogens with two attached hydrogens (primary N) is 1. The Hall–Kier alpha value is -0.0800. The Labute approximate surface area is 50.7 Å². The molecule has 0 aromatic rings. The average Bonchev–Trinajstić information content (AvgIpc) is 1.85. The van der Waals surface area contributed by atoms with Gasteiger partial charge >= 0.3 is 0 Å². The third-order valence-corrected chi connectivity index (χ3v) is 1.85. The van der Waals surface area contributed by atoms with Gasteiger partial charge in [0.25, 0.3) is 0 Å². The van der Waals surface area contributed by atoms with E-state index in [1.54, 1.807) is 0 Å². The molecule has 0 radical (unpaired) electrons. The van der Waals surface area contributed by atoms with Gasteiger partial charge in [0.15, 0.2) is 0 Å². The van der Waals surface area contributed by atoms with Crippen molar-refractivity contribution in [3.05, 3.63) is 0 Å².